The summed E-state index contributed by atoms with van der Waals surface area (Å²) in [6, 6.07) is 0. The predicted molar refractivity (Wildman–Crippen MR) is 79.2 cm³/mol. The maximum absolute atomic E-state index is 11.2. The highest BCUT2D eigenvalue weighted by molar-refractivity contribution is 5.84. The number of hydrogen-bond acceptors (Lipinski definition) is 4. The standard InChI is InChI=1S/C16H26O4/c1-3-5-9-13-19-15(17)11-7-8-12-16(18)20-14-10-6-4-2/h7-8,11-12H,3-6,9-10,13-14H2,1-2H3. The lowest BCUT2D eigenvalue weighted by atomic mass is 10.3. The molecule has 0 aromatic rings. The summed E-state index contributed by atoms with van der Waals surface area (Å²) in [5.74, 6) is -0.774. The molecule has 0 rings (SSSR count). The molecule has 0 aliphatic rings. The zero-order chi connectivity index (χ0) is 15.1. The molecule has 0 aromatic heterocycles. The molecule has 4 nitrogen and oxygen atoms in total. The van der Waals surface area contributed by atoms with Crippen molar-refractivity contribution in [2.45, 2.75) is 52.4 Å². The van der Waals surface area contributed by atoms with Gasteiger partial charge in [-0.1, -0.05) is 51.7 Å². The molecule has 0 amide bonds. The Morgan fingerprint density at radius 2 is 1.15 bits per heavy atom. The van der Waals surface area contributed by atoms with Crippen LogP contribution in [-0.2, 0) is 19.1 Å². The number of carbonyl (C=O) groups excluding carboxylic acids is 2. The first-order chi connectivity index (χ1) is 9.70. The van der Waals surface area contributed by atoms with Gasteiger partial charge in [-0.2, -0.15) is 0 Å². The average Bonchev–Trinajstić information content (AvgIpc) is 2.44. The first kappa shape index (κ1) is 18.4. The Balaban J connectivity index is 3.67. The second-order valence-electron chi connectivity index (χ2n) is 4.47. The molecule has 0 aliphatic heterocycles. The van der Waals surface area contributed by atoms with E-state index in [2.05, 4.69) is 13.8 Å². The largest absolute Gasteiger partial charge is 0.463 e. The molecule has 0 unspecified atom stereocenters. The van der Waals surface area contributed by atoms with E-state index in [4.69, 9.17) is 9.47 Å². The van der Waals surface area contributed by atoms with Gasteiger partial charge in [0.05, 0.1) is 13.2 Å². The van der Waals surface area contributed by atoms with Crippen molar-refractivity contribution in [3.05, 3.63) is 24.3 Å². The van der Waals surface area contributed by atoms with Gasteiger partial charge in [0.2, 0.25) is 0 Å². The van der Waals surface area contributed by atoms with E-state index in [9.17, 15) is 9.59 Å². The summed E-state index contributed by atoms with van der Waals surface area (Å²) in [6.07, 6.45) is 11.6. The summed E-state index contributed by atoms with van der Waals surface area (Å²) < 4.78 is 9.93. The zero-order valence-electron chi connectivity index (χ0n) is 12.6. The van der Waals surface area contributed by atoms with Crippen LogP contribution >= 0.6 is 0 Å². The summed E-state index contributed by atoms with van der Waals surface area (Å²) in [5, 5.41) is 0. The lowest BCUT2D eigenvalue weighted by molar-refractivity contribution is -0.138. The maximum Gasteiger partial charge on any atom is 0.330 e. The molecule has 0 bridgehead atoms. The van der Waals surface area contributed by atoms with Crippen molar-refractivity contribution in [2.24, 2.45) is 0 Å². The molecule has 4 heteroatoms. The van der Waals surface area contributed by atoms with Crippen molar-refractivity contribution in [3.63, 3.8) is 0 Å². The molecule has 20 heavy (non-hydrogen) atoms. The van der Waals surface area contributed by atoms with Gasteiger partial charge in [-0.15, -0.1) is 0 Å². The Labute approximate surface area is 121 Å². The van der Waals surface area contributed by atoms with Gasteiger partial charge in [0, 0.05) is 12.2 Å². The van der Waals surface area contributed by atoms with Crippen LogP contribution in [-0.4, -0.2) is 25.2 Å². The summed E-state index contributed by atoms with van der Waals surface area (Å²) >= 11 is 0. The molecule has 0 saturated carbocycles. The first-order valence-electron chi connectivity index (χ1n) is 7.39. The van der Waals surface area contributed by atoms with E-state index in [0.717, 1.165) is 38.5 Å². The van der Waals surface area contributed by atoms with Crippen molar-refractivity contribution in [2.75, 3.05) is 13.2 Å². The molecule has 0 N–H and O–H groups in total. The molecule has 0 atom stereocenters. The molecule has 0 saturated heterocycles. The van der Waals surface area contributed by atoms with E-state index in [-0.39, 0.29) is 11.9 Å². The molecule has 0 spiro atoms. The highest BCUT2D eigenvalue weighted by Crippen LogP contribution is 1.96. The number of unbranched alkanes of at least 4 members (excludes halogenated alkanes) is 4. The van der Waals surface area contributed by atoms with Crippen LogP contribution in [0.25, 0.3) is 0 Å². The van der Waals surface area contributed by atoms with Crippen LogP contribution in [0.1, 0.15) is 52.4 Å². The van der Waals surface area contributed by atoms with Crippen molar-refractivity contribution in [3.8, 4) is 0 Å². The van der Waals surface area contributed by atoms with Gasteiger partial charge in [-0.25, -0.2) is 9.59 Å². The molecule has 0 radical (unpaired) electrons. The van der Waals surface area contributed by atoms with E-state index in [1.807, 2.05) is 0 Å². The molecule has 0 heterocycles. The minimum atomic E-state index is -0.387. The Bertz CT molecular complexity index is 286. The molecule has 114 valence electrons. The summed E-state index contributed by atoms with van der Waals surface area (Å²) in [4.78, 5) is 22.5. The van der Waals surface area contributed by atoms with Crippen LogP contribution in [0.4, 0.5) is 0 Å². The number of esters is 2. The molecular formula is C16H26O4. The second-order valence-corrected chi connectivity index (χ2v) is 4.47. The summed E-state index contributed by atoms with van der Waals surface area (Å²) in [7, 11) is 0. The Kier molecular flexibility index (Phi) is 12.7. The number of allylic oxidation sites excluding steroid dienone is 2. The van der Waals surface area contributed by atoms with Gasteiger partial charge in [-0.3, -0.25) is 0 Å². The molecule has 0 aromatic carbocycles. The topological polar surface area (TPSA) is 52.6 Å². The number of hydrogen-bond donors (Lipinski definition) is 0. The predicted octanol–water partition coefficient (Wildman–Crippen LogP) is 3.57. The van der Waals surface area contributed by atoms with E-state index >= 15 is 0 Å². The lowest BCUT2D eigenvalue weighted by Crippen LogP contribution is -2.02. The molecule has 0 fully saturated rings. The van der Waals surface area contributed by atoms with Gasteiger partial charge < -0.3 is 9.47 Å². The fraction of sp³-hybridized carbons (Fsp3) is 0.625. The van der Waals surface area contributed by atoms with Crippen LogP contribution in [0.5, 0.6) is 0 Å². The third kappa shape index (κ3) is 12.9. The van der Waals surface area contributed by atoms with Gasteiger partial charge in [0.15, 0.2) is 0 Å². The number of rotatable bonds is 11. The van der Waals surface area contributed by atoms with Crippen molar-refractivity contribution >= 4 is 11.9 Å². The van der Waals surface area contributed by atoms with Crippen LogP contribution in [0, 0.1) is 0 Å². The van der Waals surface area contributed by atoms with Crippen molar-refractivity contribution in [1.29, 1.82) is 0 Å². The SMILES string of the molecule is CCCCCOC(=O)C=CC=CC(=O)OCCCCC. The number of ether oxygens (including phenoxy) is 2. The second kappa shape index (κ2) is 13.8. The smallest absolute Gasteiger partial charge is 0.330 e. The van der Waals surface area contributed by atoms with Crippen LogP contribution in [0.15, 0.2) is 24.3 Å². The third-order valence-electron chi connectivity index (χ3n) is 2.56. The van der Waals surface area contributed by atoms with Gasteiger partial charge in [0.1, 0.15) is 0 Å². The van der Waals surface area contributed by atoms with E-state index < -0.39 is 0 Å². The average molecular weight is 282 g/mol. The van der Waals surface area contributed by atoms with E-state index in [0.29, 0.717) is 13.2 Å². The third-order valence-corrected chi connectivity index (χ3v) is 2.56. The van der Waals surface area contributed by atoms with Gasteiger partial charge in [-0.05, 0) is 12.8 Å². The van der Waals surface area contributed by atoms with Gasteiger partial charge in [0.25, 0.3) is 0 Å². The van der Waals surface area contributed by atoms with Crippen LogP contribution in [0.2, 0.25) is 0 Å². The quantitative estimate of drug-likeness (QED) is 0.252. The van der Waals surface area contributed by atoms with E-state index in [1.54, 1.807) is 0 Å². The highest BCUT2D eigenvalue weighted by atomic mass is 16.5. The van der Waals surface area contributed by atoms with Crippen LogP contribution in [0.3, 0.4) is 0 Å². The normalized spacial score (nSPS) is 11.1. The first-order valence-corrected chi connectivity index (χ1v) is 7.39. The van der Waals surface area contributed by atoms with Crippen molar-refractivity contribution < 1.29 is 19.1 Å². The zero-order valence-corrected chi connectivity index (χ0v) is 12.6. The van der Waals surface area contributed by atoms with Crippen LogP contribution < -0.4 is 0 Å². The minimum absolute atomic E-state index is 0.387. The lowest BCUT2D eigenvalue weighted by Gasteiger charge is -2.00. The Morgan fingerprint density at radius 3 is 1.50 bits per heavy atom. The summed E-state index contributed by atoms with van der Waals surface area (Å²) in [5.41, 5.74) is 0. The fourth-order valence-corrected chi connectivity index (χ4v) is 1.41. The molecule has 0 aliphatic carbocycles. The minimum Gasteiger partial charge on any atom is -0.463 e. The fourth-order valence-electron chi connectivity index (χ4n) is 1.41. The van der Waals surface area contributed by atoms with Crippen molar-refractivity contribution in [1.82, 2.24) is 0 Å². The maximum atomic E-state index is 11.2. The Hall–Kier alpha value is -1.58. The monoisotopic (exact) mass is 282 g/mol. The molecular weight excluding hydrogens is 256 g/mol. The highest BCUT2D eigenvalue weighted by Gasteiger charge is 1.96. The summed E-state index contributed by atoms with van der Waals surface area (Å²) in [6.45, 7) is 5.07. The number of carbonyl (C=O) groups is 2. The Morgan fingerprint density at radius 1 is 0.750 bits per heavy atom. The van der Waals surface area contributed by atoms with Gasteiger partial charge >= 0.3 is 11.9 Å². The van der Waals surface area contributed by atoms with E-state index in [1.165, 1.54) is 24.3 Å².